The summed E-state index contributed by atoms with van der Waals surface area (Å²) < 4.78 is 68.8. The molecule has 0 fully saturated rings. The average molecular weight is 1490 g/mol. The minimum atomic E-state index is -4.96. The van der Waals surface area contributed by atoms with E-state index in [0.29, 0.717) is 25.7 Å². The first-order chi connectivity index (χ1) is 49.4. The molecule has 0 aromatic rings. The maximum absolute atomic E-state index is 13.1. The highest BCUT2D eigenvalue weighted by molar-refractivity contribution is 7.47. The van der Waals surface area contributed by atoms with Gasteiger partial charge in [-0.05, 0) is 37.5 Å². The average Bonchev–Trinajstić information content (AvgIpc) is 1.07. The number of phosphoric acid groups is 2. The Bertz CT molecular complexity index is 1960. The van der Waals surface area contributed by atoms with Crippen molar-refractivity contribution in [3.63, 3.8) is 0 Å². The van der Waals surface area contributed by atoms with Crippen molar-refractivity contribution in [1.82, 2.24) is 0 Å². The van der Waals surface area contributed by atoms with Gasteiger partial charge in [0.25, 0.3) is 0 Å². The van der Waals surface area contributed by atoms with Crippen molar-refractivity contribution in [2.75, 3.05) is 39.6 Å². The van der Waals surface area contributed by atoms with Gasteiger partial charge in [0.2, 0.25) is 0 Å². The quantitative estimate of drug-likeness (QED) is 0.0222. The van der Waals surface area contributed by atoms with Gasteiger partial charge >= 0.3 is 39.5 Å². The highest BCUT2D eigenvalue weighted by atomic mass is 31.2. The molecular formula is C83H162O17P2. The highest BCUT2D eigenvalue weighted by Gasteiger charge is 2.30. The molecule has 6 atom stereocenters. The van der Waals surface area contributed by atoms with Crippen LogP contribution >= 0.6 is 15.6 Å². The van der Waals surface area contributed by atoms with Crippen LogP contribution in [0.15, 0.2) is 0 Å². The number of esters is 4. The topological polar surface area (TPSA) is 237 Å². The summed E-state index contributed by atoms with van der Waals surface area (Å²) in [6.45, 7) is 9.61. The van der Waals surface area contributed by atoms with Gasteiger partial charge in [-0.2, -0.15) is 0 Å². The molecular weight excluding hydrogens is 1330 g/mol. The lowest BCUT2D eigenvalue weighted by atomic mass is 10.00. The molecule has 3 unspecified atom stereocenters. The number of phosphoric ester groups is 2. The van der Waals surface area contributed by atoms with Crippen molar-refractivity contribution in [3.05, 3.63) is 0 Å². The molecule has 0 aliphatic heterocycles. The molecule has 0 heterocycles. The summed E-state index contributed by atoms with van der Waals surface area (Å²) in [5.41, 5.74) is 0. The van der Waals surface area contributed by atoms with Gasteiger partial charge in [-0.15, -0.1) is 0 Å². The Balaban J connectivity index is 5.23. The van der Waals surface area contributed by atoms with E-state index in [1.54, 1.807) is 0 Å². The molecule has 0 spiro atoms. The van der Waals surface area contributed by atoms with Gasteiger partial charge in [-0.25, -0.2) is 9.13 Å². The fourth-order valence-electron chi connectivity index (χ4n) is 12.9. The number of ether oxygens (including phenoxy) is 4. The Hall–Kier alpha value is -1.94. The molecule has 0 aliphatic carbocycles. The van der Waals surface area contributed by atoms with E-state index in [-0.39, 0.29) is 25.7 Å². The van der Waals surface area contributed by atoms with Crippen LogP contribution < -0.4 is 0 Å². The minimum absolute atomic E-state index is 0.106. The van der Waals surface area contributed by atoms with Crippen LogP contribution in [0.2, 0.25) is 0 Å². The number of hydrogen-bond donors (Lipinski definition) is 3. The zero-order valence-electron chi connectivity index (χ0n) is 66.9. The second-order valence-corrected chi connectivity index (χ2v) is 33.5. The maximum atomic E-state index is 13.1. The highest BCUT2D eigenvalue weighted by Crippen LogP contribution is 2.45. The molecule has 17 nitrogen and oxygen atoms in total. The zero-order valence-corrected chi connectivity index (χ0v) is 68.7. The van der Waals surface area contributed by atoms with E-state index in [1.165, 1.54) is 250 Å². The van der Waals surface area contributed by atoms with Gasteiger partial charge < -0.3 is 33.8 Å². The number of carbonyl (C=O) groups is 4. The number of unbranched alkanes of at least 4 members (excludes halogenated alkanes) is 51. The molecule has 19 heteroatoms. The van der Waals surface area contributed by atoms with E-state index in [9.17, 15) is 43.2 Å². The van der Waals surface area contributed by atoms with Crippen LogP contribution in [0.25, 0.3) is 0 Å². The largest absolute Gasteiger partial charge is 0.472 e. The monoisotopic (exact) mass is 1490 g/mol. The molecule has 0 saturated heterocycles. The van der Waals surface area contributed by atoms with E-state index in [1.807, 2.05) is 0 Å². The van der Waals surface area contributed by atoms with Crippen LogP contribution in [0.5, 0.6) is 0 Å². The van der Waals surface area contributed by atoms with Gasteiger partial charge in [0.05, 0.1) is 26.4 Å². The molecule has 0 bridgehead atoms. The Morgan fingerprint density at radius 3 is 0.745 bits per heavy atom. The smallest absolute Gasteiger partial charge is 0.462 e. The molecule has 0 aliphatic rings. The third-order valence-electron chi connectivity index (χ3n) is 19.8. The third-order valence-corrected chi connectivity index (χ3v) is 21.7. The van der Waals surface area contributed by atoms with E-state index in [0.717, 1.165) is 108 Å². The van der Waals surface area contributed by atoms with Crippen molar-refractivity contribution in [1.29, 1.82) is 0 Å². The third kappa shape index (κ3) is 74.9. The van der Waals surface area contributed by atoms with Gasteiger partial charge in [-0.3, -0.25) is 37.3 Å². The van der Waals surface area contributed by atoms with Crippen molar-refractivity contribution in [2.45, 2.75) is 458 Å². The Labute approximate surface area is 626 Å². The lowest BCUT2D eigenvalue weighted by molar-refractivity contribution is -0.161. The molecule has 606 valence electrons. The molecule has 0 rings (SSSR count). The molecule has 102 heavy (non-hydrogen) atoms. The number of aliphatic hydroxyl groups is 1. The summed E-state index contributed by atoms with van der Waals surface area (Å²) in [5, 5.41) is 10.7. The predicted octanol–water partition coefficient (Wildman–Crippen LogP) is 25.1. The second-order valence-electron chi connectivity index (χ2n) is 30.6. The summed E-state index contributed by atoms with van der Waals surface area (Å²) in [7, 11) is -9.92. The second kappa shape index (κ2) is 74.5. The van der Waals surface area contributed by atoms with E-state index < -0.39 is 97.5 Å². The Morgan fingerprint density at radius 2 is 0.500 bits per heavy atom. The van der Waals surface area contributed by atoms with Crippen molar-refractivity contribution in [2.24, 2.45) is 11.8 Å². The summed E-state index contributed by atoms with van der Waals surface area (Å²) in [6.07, 6.45) is 65.4. The minimum Gasteiger partial charge on any atom is -0.462 e. The fraction of sp³-hybridized carbons (Fsp3) is 0.952. The normalized spacial score (nSPS) is 14.1. The van der Waals surface area contributed by atoms with E-state index in [4.69, 9.17) is 37.0 Å². The first-order valence-electron chi connectivity index (χ1n) is 43.0. The summed E-state index contributed by atoms with van der Waals surface area (Å²) in [5.74, 6) is -0.612. The Kier molecular flexibility index (Phi) is 73.1. The SMILES string of the molecule is CCCCCCCCCCCCCCCCCCCCCCCC(=O)O[C@H](COC(=O)CCCCCCCCCCCCCCCCCCC)COP(=O)(O)OC[C@@H](O)COP(=O)(O)OC[C@@H](COC(=O)CCCCCCCCC(C)CC)OC(=O)CCCCCCCCCCCCCC(C)C. The van der Waals surface area contributed by atoms with Crippen molar-refractivity contribution >= 4 is 39.5 Å². The first-order valence-corrected chi connectivity index (χ1v) is 46.0. The van der Waals surface area contributed by atoms with Crippen LogP contribution in [-0.2, 0) is 65.4 Å². The van der Waals surface area contributed by atoms with Crippen LogP contribution in [0.4, 0.5) is 0 Å². The van der Waals surface area contributed by atoms with Crippen molar-refractivity contribution in [3.8, 4) is 0 Å². The molecule has 0 aromatic carbocycles. The Morgan fingerprint density at radius 1 is 0.284 bits per heavy atom. The fourth-order valence-corrected chi connectivity index (χ4v) is 14.4. The molecule has 0 saturated carbocycles. The molecule has 0 radical (unpaired) electrons. The van der Waals surface area contributed by atoms with Gasteiger partial charge in [0.1, 0.15) is 19.3 Å². The lowest BCUT2D eigenvalue weighted by Gasteiger charge is -2.21. The van der Waals surface area contributed by atoms with E-state index in [2.05, 4.69) is 41.5 Å². The van der Waals surface area contributed by atoms with Crippen LogP contribution in [-0.4, -0.2) is 96.7 Å². The number of hydrogen-bond acceptors (Lipinski definition) is 15. The van der Waals surface area contributed by atoms with Gasteiger partial charge in [0.15, 0.2) is 12.2 Å². The standard InChI is InChI=1S/C83H162O17P2/c1-7-10-12-14-16-18-20-22-24-26-27-28-29-31-33-35-39-43-47-55-61-67-82(87)99-78(71-93-80(85)65-59-53-46-42-38-34-32-30-25-23-21-19-17-15-13-11-8-2)73-97-101(89,90)95-69-77(84)70-96-102(91,92)98-74-79(72-94-81(86)66-60-54-50-49-52-58-64-76(6)9-3)100-83(88)68-62-56-48-44-40-36-37-41-45-51-57-63-75(4)5/h75-79,84H,7-74H2,1-6H3,(H,89,90)(H,91,92)/t76?,77-,78-,79-/m1/s1. The number of aliphatic hydroxyl groups excluding tert-OH is 1. The van der Waals surface area contributed by atoms with E-state index >= 15 is 0 Å². The van der Waals surface area contributed by atoms with Crippen LogP contribution in [0.1, 0.15) is 440 Å². The summed E-state index contributed by atoms with van der Waals surface area (Å²) in [4.78, 5) is 73.1. The van der Waals surface area contributed by atoms with Gasteiger partial charge in [0, 0.05) is 25.7 Å². The van der Waals surface area contributed by atoms with Crippen LogP contribution in [0, 0.1) is 11.8 Å². The molecule has 0 amide bonds. The van der Waals surface area contributed by atoms with Crippen molar-refractivity contribution < 1.29 is 80.2 Å². The maximum Gasteiger partial charge on any atom is 0.472 e. The summed E-state index contributed by atoms with van der Waals surface area (Å²) in [6, 6.07) is 0. The number of rotatable bonds is 82. The van der Waals surface area contributed by atoms with Crippen LogP contribution in [0.3, 0.4) is 0 Å². The van der Waals surface area contributed by atoms with Gasteiger partial charge in [-0.1, -0.05) is 388 Å². The first kappa shape index (κ1) is 100. The number of carbonyl (C=O) groups excluding carboxylic acids is 4. The summed E-state index contributed by atoms with van der Waals surface area (Å²) >= 11 is 0. The lowest BCUT2D eigenvalue weighted by Crippen LogP contribution is -2.30. The zero-order chi connectivity index (χ0) is 74.9. The molecule has 3 N–H and O–H groups in total. The predicted molar refractivity (Wildman–Crippen MR) is 418 cm³/mol. The molecule has 0 aromatic heterocycles.